The summed E-state index contributed by atoms with van der Waals surface area (Å²) >= 11 is 0. The van der Waals surface area contributed by atoms with Crippen LogP contribution in [0, 0.1) is 30.2 Å². The van der Waals surface area contributed by atoms with Crippen molar-refractivity contribution in [1.29, 1.82) is 0 Å². The number of carbonyl (C=O) groups is 1. The second kappa shape index (κ2) is 12.3. The number of hydrogen-bond donors (Lipinski definition) is 1. The van der Waals surface area contributed by atoms with E-state index in [2.05, 4.69) is 25.6 Å². The van der Waals surface area contributed by atoms with Crippen LogP contribution in [0.25, 0.3) is 11.4 Å². The number of pyridine rings is 1. The Bertz CT molecular complexity index is 1790. The van der Waals surface area contributed by atoms with E-state index in [1.54, 1.807) is 30.5 Å². The van der Waals surface area contributed by atoms with Crippen molar-refractivity contribution in [2.24, 2.45) is 0 Å². The number of amides is 1. The molecule has 1 aliphatic carbocycles. The topological polar surface area (TPSA) is 125 Å². The number of aromatic nitrogens is 5. The molecule has 1 saturated carbocycles. The van der Waals surface area contributed by atoms with E-state index in [0.717, 1.165) is 38.2 Å². The number of sulfonamides is 1. The van der Waals surface area contributed by atoms with Gasteiger partial charge in [-0.3, -0.25) is 9.78 Å². The summed E-state index contributed by atoms with van der Waals surface area (Å²) in [6.45, 7) is 0.459. The third kappa shape index (κ3) is 5.70. The molecule has 10 nitrogen and oxygen atoms in total. The molecule has 3 heterocycles. The first-order chi connectivity index (χ1) is 21.6. The summed E-state index contributed by atoms with van der Waals surface area (Å²) in [6, 6.07) is 8.93. The Morgan fingerprint density at radius 1 is 0.956 bits per heavy atom. The van der Waals surface area contributed by atoms with Crippen LogP contribution >= 0.6 is 0 Å². The van der Waals surface area contributed by atoms with Crippen molar-refractivity contribution in [1.82, 2.24) is 29.9 Å². The summed E-state index contributed by atoms with van der Waals surface area (Å²) in [7, 11) is -5.15. The molecule has 1 aliphatic heterocycles. The van der Waals surface area contributed by atoms with E-state index in [9.17, 15) is 30.8 Å². The zero-order valence-corrected chi connectivity index (χ0v) is 25.0. The Hall–Kier alpha value is -4.24. The van der Waals surface area contributed by atoms with Gasteiger partial charge in [0.05, 0.1) is 12.2 Å². The fourth-order valence-corrected chi connectivity index (χ4v) is 7.63. The van der Waals surface area contributed by atoms with Gasteiger partial charge in [-0.15, -0.1) is 10.2 Å². The second-order valence-electron chi connectivity index (χ2n) is 11.3. The number of nitrogens with zero attached hydrogens (tertiary/aromatic N) is 6. The van der Waals surface area contributed by atoms with Crippen LogP contribution in [0.1, 0.15) is 61.3 Å². The molecule has 2 aromatic carbocycles. The first-order valence-corrected chi connectivity index (χ1v) is 16.0. The highest BCUT2D eigenvalue weighted by atomic mass is 32.2. The van der Waals surface area contributed by atoms with E-state index >= 15 is 0 Å². The van der Waals surface area contributed by atoms with Crippen LogP contribution in [0.5, 0.6) is 0 Å². The lowest BCUT2D eigenvalue weighted by Crippen LogP contribution is -2.59. The molecule has 1 amide bonds. The van der Waals surface area contributed by atoms with E-state index in [0.29, 0.717) is 33.0 Å². The van der Waals surface area contributed by atoms with Gasteiger partial charge in [0.15, 0.2) is 28.2 Å². The summed E-state index contributed by atoms with van der Waals surface area (Å²) in [5.41, 5.74) is 1.62. The number of halogens is 4. The highest BCUT2D eigenvalue weighted by Gasteiger charge is 2.47. The average Bonchev–Trinajstić information content (AvgIpc) is 3.57. The molecular formula is C30H29F4N7O3S. The summed E-state index contributed by atoms with van der Waals surface area (Å²) < 4.78 is 85.5. The van der Waals surface area contributed by atoms with Gasteiger partial charge in [0.25, 0.3) is 0 Å². The van der Waals surface area contributed by atoms with Gasteiger partial charge >= 0.3 is 0 Å². The van der Waals surface area contributed by atoms with Gasteiger partial charge in [0, 0.05) is 29.6 Å². The molecule has 0 unspecified atom stereocenters. The maximum atomic E-state index is 14.8. The monoisotopic (exact) mass is 643 g/mol. The fourth-order valence-electron chi connectivity index (χ4n) is 5.88. The smallest absolute Gasteiger partial charge is 0.249 e. The van der Waals surface area contributed by atoms with Crippen LogP contribution in [0.3, 0.4) is 0 Å². The van der Waals surface area contributed by atoms with Crippen LogP contribution in [-0.4, -0.2) is 56.8 Å². The van der Waals surface area contributed by atoms with E-state index in [1.807, 2.05) is 12.1 Å². The zero-order chi connectivity index (χ0) is 31.9. The molecular weight excluding hydrogens is 614 g/mol. The summed E-state index contributed by atoms with van der Waals surface area (Å²) in [4.78, 5) is 18.2. The Morgan fingerprint density at radius 3 is 2.20 bits per heavy atom. The lowest BCUT2D eigenvalue weighted by molar-refractivity contribution is -0.125. The maximum Gasteiger partial charge on any atom is 0.249 e. The van der Waals surface area contributed by atoms with Crippen molar-refractivity contribution in [3.63, 3.8) is 0 Å². The van der Waals surface area contributed by atoms with Crippen LogP contribution in [-0.2, 0) is 21.4 Å². The van der Waals surface area contributed by atoms with Gasteiger partial charge in [0.2, 0.25) is 21.8 Å². The number of anilines is 1. The normalized spacial score (nSPS) is 17.7. The molecule has 0 radical (unpaired) electrons. The van der Waals surface area contributed by atoms with Crippen molar-refractivity contribution in [2.45, 2.75) is 68.8 Å². The average molecular weight is 644 g/mol. The van der Waals surface area contributed by atoms with Gasteiger partial charge in [-0.25, -0.2) is 26.0 Å². The first-order valence-electron chi connectivity index (χ1n) is 14.5. The predicted molar refractivity (Wildman–Crippen MR) is 154 cm³/mol. The number of nitrogens with one attached hydrogen (secondary N) is 1. The first kappa shape index (κ1) is 30.8. The standard InChI is InChI=1S/C30H29F4N7O3S/c1-17-24(31)26(33)28(27(34)25(17)32)45(43,44)41-14-13-23(41)30(42)40(22-11-8-19(9-12-22)29-36-38-39-37-29)16-21-10-7-20(15-35-21)18-5-3-2-4-6-18/h7-12,15,18,23H,2-6,13-14,16H2,1H3,(H,36,37,38,39)/t23-/m1/s1. The van der Waals surface area contributed by atoms with Crippen LogP contribution in [0.15, 0.2) is 47.5 Å². The van der Waals surface area contributed by atoms with Crippen molar-refractivity contribution in [2.75, 3.05) is 11.4 Å². The Morgan fingerprint density at radius 2 is 1.64 bits per heavy atom. The maximum absolute atomic E-state index is 14.8. The molecule has 2 fully saturated rings. The quantitative estimate of drug-likeness (QED) is 0.208. The van der Waals surface area contributed by atoms with Gasteiger partial charge in [0.1, 0.15) is 6.04 Å². The van der Waals surface area contributed by atoms with Gasteiger partial charge < -0.3 is 4.90 Å². The summed E-state index contributed by atoms with van der Waals surface area (Å²) in [5, 5.41) is 13.8. The van der Waals surface area contributed by atoms with Crippen molar-refractivity contribution in [3.05, 3.63) is 82.7 Å². The molecule has 2 aliphatic rings. The highest BCUT2D eigenvalue weighted by Crippen LogP contribution is 2.36. The Labute approximate surface area is 256 Å². The largest absolute Gasteiger partial charge is 0.305 e. The van der Waals surface area contributed by atoms with Crippen molar-refractivity contribution in [3.8, 4) is 11.4 Å². The number of benzene rings is 2. The predicted octanol–water partition coefficient (Wildman–Crippen LogP) is 5.17. The third-order valence-corrected chi connectivity index (χ3v) is 10.5. The summed E-state index contributed by atoms with van der Waals surface area (Å²) in [6.07, 6.45) is 7.51. The molecule has 0 bridgehead atoms. The van der Waals surface area contributed by atoms with E-state index in [1.165, 1.54) is 11.3 Å². The highest BCUT2D eigenvalue weighted by molar-refractivity contribution is 7.89. The summed E-state index contributed by atoms with van der Waals surface area (Å²) in [5.74, 6) is -7.69. The molecule has 6 rings (SSSR count). The minimum absolute atomic E-state index is 0.0175. The molecule has 2 aromatic heterocycles. The fraction of sp³-hybridized carbons (Fsp3) is 0.367. The van der Waals surface area contributed by atoms with Crippen molar-refractivity contribution < 1.29 is 30.8 Å². The van der Waals surface area contributed by atoms with Gasteiger partial charge in [-0.1, -0.05) is 25.3 Å². The molecule has 1 saturated heterocycles. The van der Waals surface area contributed by atoms with E-state index < -0.39 is 55.7 Å². The zero-order valence-electron chi connectivity index (χ0n) is 24.2. The van der Waals surface area contributed by atoms with Gasteiger partial charge in [-0.05, 0) is 73.2 Å². The number of hydrogen-bond acceptors (Lipinski definition) is 7. The molecule has 1 N–H and O–H groups in total. The Kier molecular flexibility index (Phi) is 8.39. The number of tetrazole rings is 1. The third-order valence-electron chi connectivity index (χ3n) is 8.56. The molecule has 236 valence electrons. The molecule has 1 atom stereocenters. The van der Waals surface area contributed by atoms with Gasteiger partial charge in [-0.2, -0.15) is 9.52 Å². The number of aromatic amines is 1. The minimum atomic E-state index is -5.15. The lowest BCUT2D eigenvalue weighted by Gasteiger charge is -2.41. The van der Waals surface area contributed by atoms with Crippen LogP contribution in [0.4, 0.5) is 23.2 Å². The minimum Gasteiger partial charge on any atom is -0.305 e. The van der Waals surface area contributed by atoms with E-state index in [4.69, 9.17) is 0 Å². The van der Waals surface area contributed by atoms with Crippen LogP contribution < -0.4 is 4.90 Å². The number of rotatable bonds is 8. The molecule has 45 heavy (non-hydrogen) atoms. The number of H-pyrrole nitrogens is 1. The molecule has 15 heteroatoms. The molecule has 4 aromatic rings. The second-order valence-corrected chi connectivity index (χ2v) is 13.1. The lowest BCUT2D eigenvalue weighted by atomic mass is 9.85. The van der Waals surface area contributed by atoms with Crippen molar-refractivity contribution >= 4 is 21.6 Å². The Balaban J connectivity index is 1.31. The number of carbonyl (C=O) groups excluding carboxylic acids is 1. The van der Waals surface area contributed by atoms with Crippen LogP contribution in [0.2, 0.25) is 0 Å². The SMILES string of the molecule is Cc1c(F)c(F)c(S(=O)(=O)N2CC[C@@H]2C(=O)N(Cc2ccc(C3CCCCC3)cn2)c2ccc(-c3nn[nH]n3)cc2)c(F)c1F. The molecule has 0 spiro atoms. The van der Waals surface area contributed by atoms with E-state index in [-0.39, 0.29) is 19.5 Å².